The first-order valence-electron chi connectivity index (χ1n) is 10.9. The Morgan fingerprint density at radius 1 is 1.10 bits per heavy atom. The van der Waals surface area contributed by atoms with Gasteiger partial charge in [0.15, 0.2) is 0 Å². The van der Waals surface area contributed by atoms with Crippen molar-refractivity contribution in [1.82, 2.24) is 14.5 Å². The highest BCUT2D eigenvalue weighted by atomic mass is 32.2. The Morgan fingerprint density at radius 2 is 1.77 bits per heavy atom. The molecule has 0 saturated carbocycles. The number of likely N-dealkylation sites (tertiary alicyclic amines) is 2. The van der Waals surface area contributed by atoms with E-state index < -0.39 is 10.0 Å². The van der Waals surface area contributed by atoms with E-state index in [-0.39, 0.29) is 28.6 Å². The van der Waals surface area contributed by atoms with E-state index in [1.165, 1.54) is 7.11 Å². The summed E-state index contributed by atoms with van der Waals surface area (Å²) in [6.45, 7) is 5.31. The van der Waals surface area contributed by atoms with Crippen LogP contribution >= 0.6 is 0 Å². The minimum atomic E-state index is -3.53. The summed E-state index contributed by atoms with van der Waals surface area (Å²) in [6.07, 6.45) is 3.16. The molecule has 2 heterocycles. The number of amides is 1. The van der Waals surface area contributed by atoms with Gasteiger partial charge >= 0.3 is 5.97 Å². The molecule has 172 valence electrons. The molecule has 0 bridgehead atoms. The number of benzene rings is 1. The number of esters is 1. The van der Waals surface area contributed by atoms with Crippen molar-refractivity contribution in [2.75, 3.05) is 46.4 Å². The number of hydrogen-bond acceptors (Lipinski definition) is 6. The molecule has 0 aliphatic carbocycles. The van der Waals surface area contributed by atoms with Crippen molar-refractivity contribution < 1.29 is 22.7 Å². The lowest BCUT2D eigenvalue weighted by Crippen LogP contribution is -2.48. The minimum Gasteiger partial charge on any atom is -0.469 e. The van der Waals surface area contributed by atoms with Crippen LogP contribution in [0.15, 0.2) is 29.2 Å². The quantitative estimate of drug-likeness (QED) is 0.630. The second kappa shape index (κ2) is 10.6. The van der Waals surface area contributed by atoms with Gasteiger partial charge in [0.2, 0.25) is 15.9 Å². The van der Waals surface area contributed by atoms with Crippen molar-refractivity contribution in [3.8, 4) is 0 Å². The molecule has 1 N–H and O–H groups in total. The number of hydrogen-bond donors (Lipinski definition) is 1. The third-order valence-electron chi connectivity index (χ3n) is 6.24. The van der Waals surface area contributed by atoms with Crippen molar-refractivity contribution >= 4 is 21.9 Å². The van der Waals surface area contributed by atoms with Crippen molar-refractivity contribution in [1.29, 1.82) is 0 Å². The van der Waals surface area contributed by atoms with E-state index in [0.29, 0.717) is 45.6 Å². The Hall–Kier alpha value is -1.97. The largest absolute Gasteiger partial charge is 0.469 e. The van der Waals surface area contributed by atoms with Gasteiger partial charge in [-0.3, -0.25) is 14.5 Å². The van der Waals surface area contributed by atoms with E-state index in [4.69, 9.17) is 4.74 Å². The van der Waals surface area contributed by atoms with Crippen molar-refractivity contribution in [2.24, 2.45) is 11.8 Å². The van der Waals surface area contributed by atoms with Crippen LogP contribution in [-0.2, 0) is 24.3 Å². The zero-order chi connectivity index (χ0) is 22.4. The first kappa shape index (κ1) is 23.7. The summed E-state index contributed by atoms with van der Waals surface area (Å²) in [5, 5.41) is 0. The number of carbonyl (C=O) groups excluding carboxylic acids is 2. The first-order chi connectivity index (χ1) is 14.8. The molecule has 1 amide bonds. The summed E-state index contributed by atoms with van der Waals surface area (Å²) in [4.78, 5) is 28.6. The van der Waals surface area contributed by atoms with Gasteiger partial charge in [0.25, 0.3) is 0 Å². The Bertz CT molecular complexity index is 864. The van der Waals surface area contributed by atoms with Crippen LogP contribution in [0.25, 0.3) is 0 Å². The third-order valence-corrected chi connectivity index (χ3v) is 7.68. The van der Waals surface area contributed by atoms with Crippen molar-refractivity contribution in [3.63, 3.8) is 0 Å². The number of nitrogens with one attached hydrogen (secondary N) is 1. The van der Waals surface area contributed by atoms with E-state index in [0.717, 1.165) is 24.9 Å². The molecule has 2 saturated heterocycles. The van der Waals surface area contributed by atoms with Gasteiger partial charge < -0.3 is 9.64 Å². The van der Waals surface area contributed by atoms with Gasteiger partial charge in [-0.1, -0.05) is 17.7 Å². The molecular weight excluding hydrogens is 418 g/mol. The van der Waals surface area contributed by atoms with Crippen LogP contribution in [-0.4, -0.2) is 76.5 Å². The fraction of sp³-hybridized carbons (Fsp3) is 0.636. The summed E-state index contributed by atoms with van der Waals surface area (Å²) >= 11 is 0. The average Bonchev–Trinajstić information content (AvgIpc) is 2.78. The molecule has 0 spiro atoms. The highest BCUT2D eigenvalue weighted by Crippen LogP contribution is 2.20. The molecule has 1 unspecified atom stereocenters. The van der Waals surface area contributed by atoms with Gasteiger partial charge in [-0.15, -0.1) is 0 Å². The van der Waals surface area contributed by atoms with E-state index in [1.807, 2.05) is 11.8 Å². The number of methoxy groups -OCH3 is 1. The number of rotatable bonds is 7. The SMILES string of the molecule is COC(=O)C1CCN(C(=O)CN2CCCC(CNS(=O)(=O)c3ccc(C)cc3)C2)CC1. The van der Waals surface area contributed by atoms with Gasteiger partial charge in [-0.05, 0) is 57.2 Å². The van der Waals surface area contributed by atoms with Gasteiger partial charge in [-0.2, -0.15) is 0 Å². The van der Waals surface area contributed by atoms with Crippen LogP contribution in [0, 0.1) is 18.8 Å². The van der Waals surface area contributed by atoms with Gasteiger partial charge in [-0.25, -0.2) is 13.1 Å². The zero-order valence-corrected chi connectivity index (χ0v) is 19.2. The van der Waals surface area contributed by atoms with E-state index in [1.54, 1.807) is 24.3 Å². The van der Waals surface area contributed by atoms with Crippen LogP contribution in [0.3, 0.4) is 0 Å². The fourth-order valence-corrected chi connectivity index (χ4v) is 5.43. The molecule has 8 nitrogen and oxygen atoms in total. The lowest BCUT2D eigenvalue weighted by molar-refractivity contribution is -0.149. The number of carbonyl (C=O) groups is 2. The standard InChI is InChI=1S/C22H33N3O5S/c1-17-5-7-20(8-6-17)31(28,29)23-14-18-4-3-11-24(15-18)16-21(26)25-12-9-19(10-13-25)22(27)30-2/h5-8,18-19,23H,3-4,9-16H2,1-2H3. The van der Waals surface area contributed by atoms with Crippen LogP contribution in [0.4, 0.5) is 0 Å². The average molecular weight is 452 g/mol. The first-order valence-corrected chi connectivity index (χ1v) is 12.4. The van der Waals surface area contributed by atoms with E-state index in [2.05, 4.69) is 9.62 Å². The molecule has 1 atom stereocenters. The second-order valence-electron chi connectivity index (χ2n) is 8.59. The van der Waals surface area contributed by atoms with Crippen molar-refractivity contribution in [3.05, 3.63) is 29.8 Å². The van der Waals surface area contributed by atoms with Crippen LogP contribution in [0.5, 0.6) is 0 Å². The van der Waals surface area contributed by atoms with E-state index >= 15 is 0 Å². The molecule has 1 aromatic carbocycles. The molecule has 0 radical (unpaired) electrons. The summed E-state index contributed by atoms with van der Waals surface area (Å²) in [7, 11) is -2.13. The zero-order valence-electron chi connectivity index (χ0n) is 18.4. The molecule has 2 fully saturated rings. The normalized spacial score (nSPS) is 21.1. The number of aryl methyl sites for hydroxylation is 1. The number of nitrogens with zero attached hydrogens (tertiary/aromatic N) is 2. The maximum absolute atomic E-state index is 12.7. The summed E-state index contributed by atoms with van der Waals surface area (Å²) in [5.41, 5.74) is 1.01. The van der Waals surface area contributed by atoms with Crippen LogP contribution < -0.4 is 4.72 Å². The molecule has 1 aromatic rings. The summed E-state index contributed by atoms with van der Waals surface area (Å²) < 4.78 is 32.6. The van der Waals surface area contributed by atoms with Crippen LogP contribution in [0.2, 0.25) is 0 Å². The number of sulfonamides is 1. The maximum atomic E-state index is 12.7. The van der Waals surface area contributed by atoms with Gasteiger partial charge in [0.05, 0.1) is 24.5 Å². The molecule has 9 heteroatoms. The van der Waals surface area contributed by atoms with Crippen molar-refractivity contribution in [2.45, 2.75) is 37.5 Å². The second-order valence-corrected chi connectivity index (χ2v) is 10.4. The molecule has 2 aliphatic rings. The Morgan fingerprint density at radius 3 is 2.42 bits per heavy atom. The lowest BCUT2D eigenvalue weighted by Gasteiger charge is -2.35. The van der Waals surface area contributed by atoms with Gasteiger partial charge in [0.1, 0.15) is 0 Å². The Labute approximate surface area is 185 Å². The van der Waals surface area contributed by atoms with Gasteiger partial charge in [0, 0.05) is 26.2 Å². The smallest absolute Gasteiger partial charge is 0.308 e. The van der Waals surface area contributed by atoms with E-state index in [9.17, 15) is 18.0 Å². The Balaban J connectivity index is 1.45. The highest BCUT2D eigenvalue weighted by Gasteiger charge is 2.30. The summed E-state index contributed by atoms with van der Waals surface area (Å²) in [5.74, 6) is -0.0648. The topological polar surface area (TPSA) is 96.0 Å². The predicted molar refractivity (Wildman–Crippen MR) is 117 cm³/mol. The highest BCUT2D eigenvalue weighted by molar-refractivity contribution is 7.89. The molecule has 2 aliphatic heterocycles. The van der Waals surface area contributed by atoms with Crippen LogP contribution in [0.1, 0.15) is 31.2 Å². The predicted octanol–water partition coefficient (Wildman–Crippen LogP) is 1.40. The summed E-state index contributed by atoms with van der Waals surface area (Å²) in [6, 6.07) is 6.81. The third kappa shape index (κ3) is 6.51. The minimum absolute atomic E-state index is 0.0733. The fourth-order valence-electron chi connectivity index (χ4n) is 4.31. The maximum Gasteiger partial charge on any atom is 0.308 e. The number of piperidine rings is 2. The molecule has 31 heavy (non-hydrogen) atoms. The lowest BCUT2D eigenvalue weighted by atomic mass is 9.96. The molecule has 3 rings (SSSR count). The Kier molecular flexibility index (Phi) is 8.07. The molecular formula is C22H33N3O5S. The number of ether oxygens (including phenoxy) is 1. The molecule has 0 aromatic heterocycles. The monoisotopic (exact) mass is 451 g/mol.